The summed E-state index contributed by atoms with van der Waals surface area (Å²) in [5, 5.41) is 2.86. The summed E-state index contributed by atoms with van der Waals surface area (Å²) in [7, 11) is 3.02. The Morgan fingerprint density at radius 3 is 2.43 bits per heavy atom. The Morgan fingerprint density at radius 1 is 1.19 bits per heavy atom. The summed E-state index contributed by atoms with van der Waals surface area (Å²) in [6.07, 6.45) is 0.420. The van der Waals surface area contributed by atoms with E-state index in [1.807, 2.05) is 6.92 Å². The molecule has 0 aliphatic carbocycles. The van der Waals surface area contributed by atoms with Crippen LogP contribution in [0.25, 0.3) is 0 Å². The fourth-order valence-corrected chi connectivity index (χ4v) is 2.32. The molecule has 1 aliphatic heterocycles. The molecule has 21 heavy (non-hydrogen) atoms. The van der Waals surface area contributed by atoms with E-state index in [9.17, 15) is 9.59 Å². The van der Waals surface area contributed by atoms with Crippen LogP contribution in [0, 0.1) is 0 Å². The number of piperazine rings is 1. The average Bonchev–Trinajstić information content (AvgIpc) is 2.52. The maximum Gasteiger partial charge on any atom is 0.306 e. The molecule has 1 atom stereocenters. The van der Waals surface area contributed by atoms with Gasteiger partial charge in [-0.3, -0.25) is 14.5 Å². The van der Waals surface area contributed by atoms with Gasteiger partial charge in [-0.15, -0.1) is 0 Å². The molecule has 0 aromatic carbocycles. The number of carbonyl (C=O) groups excluding carboxylic acids is 2. The van der Waals surface area contributed by atoms with Crippen LogP contribution in [0.2, 0.25) is 0 Å². The minimum absolute atomic E-state index is 0.0371. The lowest BCUT2D eigenvalue weighted by Crippen LogP contribution is -2.54. The molecule has 0 spiro atoms. The zero-order valence-corrected chi connectivity index (χ0v) is 13.3. The van der Waals surface area contributed by atoms with Gasteiger partial charge in [0.2, 0.25) is 5.91 Å². The van der Waals surface area contributed by atoms with Gasteiger partial charge in [0.05, 0.1) is 26.2 Å². The molecular weight excluding hydrogens is 274 g/mol. The van der Waals surface area contributed by atoms with Gasteiger partial charge >= 0.3 is 5.97 Å². The fourth-order valence-electron chi connectivity index (χ4n) is 2.32. The minimum Gasteiger partial charge on any atom is -0.469 e. The third-order valence-electron chi connectivity index (χ3n) is 3.80. The molecule has 1 heterocycles. The number of ether oxygens (including phenoxy) is 2. The summed E-state index contributed by atoms with van der Waals surface area (Å²) in [4.78, 5) is 27.5. The van der Waals surface area contributed by atoms with Crippen molar-refractivity contribution in [3.8, 4) is 0 Å². The molecule has 0 saturated carbocycles. The van der Waals surface area contributed by atoms with Crippen LogP contribution in [-0.4, -0.2) is 87.8 Å². The lowest BCUT2D eigenvalue weighted by Gasteiger charge is -2.37. The van der Waals surface area contributed by atoms with E-state index in [4.69, 9.17) is 4.74 Å². The van der Waals surface area contributed by atoms with Crippen LogP contribution >= 0.6 is 0 Å². The molecule has 1 saturated heterocycles. The number of hydrogen-bond donors (Lipinski definition) is 1. The zero-order valence-electron chi connectivity index (χ0n) is 13.3. The summed E-state index contributed by atoms with van der Waals surface area (Å²) in [5.41, 5.74) is 0. The molecule has 1 aliphatic rings. The molecule has 1 amide bonds. The van der Waals surface area contributed by atoms with Gasteiger partial charge in [-0.05, 0) is 6.92 Å². The number of carbonyl (C=O) groups is 2. The molecule has 1 rings (SSSR count). The standard InChI is InChI=1S/C14H27N3O4/c1-12(14(19)15-5-11-20-2)17-9-7-16(8-10-17)6-4-13(18)21-3/h12H,4-11H2,1-3H3,(H,15,19). The largest absolute Gasteiger partial charge is 0.469 e. The normalized spacial score (nSPS) is 18.2. The third-order valence-corrected chi connectivity index (χ3v) is 3.80. The molecule has 0 bridgehead atoms. The van der Waals surface area contributed by atoms with Crippen molar-refractivity contribution >= 4 is 11.9 Å². The first-order valence-corrected chi connectivity index (χ1v) is 7.38. The van der Waals surface area contributed by atoms with E-state index in [1.54, 1.807) is 7.11 Å². The van der Waals surface area contributed by atoms with E-state index in [0.29, 0.717) is 19.6 Å². The van der Waals surface area contributed by atoms with Crippen molar-refractivity contribution in [2.75, 3.05) is 60.1 Å². The maximum absolute atomic E-state index is 12.0. The molecule has 0 aromatic rings. The number of esters is 1. The predicted molar refractivity (Wildman–Crippen MR) is 79.0 cm³/mol. The Bertz CT molecular complexity index is 330. The van der Waals surface area contributed by atoms with Crippen LogP contribution in [-0.2, 0) is 19.1 Å². The van der Waals surface area contributed by atoms with Crippen LogP contribution in [0.1, 0.15) is 13.3 Å². The SMILES string of the molecule is COCCNC(=O)C(C)N1CCN(CCC(=O)OC)CC1. The molecular formula is C14H27N3O4. The number of nitrogens with zero attached hydrogens (tertiary/aromatic N) is 2. The minimum atomic E-state index is -0.177. The lowest BCUT2D eigenvalue weighted by atomic mass is 10.2. The Hall–Kier alpha value is -1.18. The van der Waals surface area contributed by atoms with E-state index < -0.39 is 0 Å². The molecule has 1 unspecified atom stereocenters. The molecule has 122 valence electrons. The third kappa shape index (κ3) is 6.41. The van der Waals surface area contributed by atoms with Crippen molar-refractivity contribution in [3.63, 3.8) is 0 Å². The lowest BCUT2D eigenvalue weighted by molar-refractivity contribution is -0.141. The van der Waals surface area contributed by atoms with Gasteiger partial charge in [0, 0.05) is 46.4 Å². The van der Waals surface area contributed by atoms with Crippen LogP contribution in [0.3, 0.4) is 0 Å². The highest BCUT2D eigenvalue weighted by atomic mass is 16.5. The second-order valence-corrected chi connectivity index (χ2v) is 5.16. The quantitative estimate of drug-likeness (QED) is 0.473. The highest BCUT2D eigenvalue weighted by Gasteiger charge is 2.25. The first-order chi connectivity index (χ1) is 10.1. The molecule has 0 radical (unpaired) electrons. The topological polar surface area (TPSA) is 71.1 Å². The van der Waals surface area contributed by atoms with Crippen molar-refractivity contribution < 1.29 is 19.1 Å². The first-order valence-electron chi connectivity index (χ1n) is 7.38. The first kappa shape index (κ1) is 17.9. The zero-order chi connectivity index (χ0) is 15.7. The Labute approximate surface area is 126 Å². The van der Waals surface area contributed by atoms with Gasteiger partial charge < -0.3 is 19.7 Å². The van der Waals surface area contributed by atoms with Crippen molar-refractivity contribution in [1.82, 2.24) is 15.1 Å². The average molecular weight is 301 g/mol. The number of methoxy groups -OCH3 is 2. The Balaban J connectivity index is 2.25. The van der Waals surface area contributed by atoms with Crippen LogP contribution in [0.4, 0.5) is 0 Å². The highest BCUT2D eigenvalue weighted by molar-refractivity contribution is 5.81. The van der Waals surface area contributed by atoms with Crippen LogP contribution < -0.4 is 5.32 Å². The number of nitrogens with one attached hydrogen (secondary N) is 1. The summed E-state index contributed by atoms with van der Waals surface area (Å²) in [5.74, 6) is -0.140. The highest BCUT2D eigenvalue weighted by Crippen LogP contribution is 2.07. The Morgan fingerprint density at radius 2 is 1.86 bits per heavy atom. The van der Waals surface area contributed by atoms with Gasteiger partial charge in [0.25, 0.3) is 0 Å². The summed E-state index contributed by atoms with van der Waals surface area (Å²) < 4.78 is 9.55. The van der Waals surface area contributed by atoms with E-state index >= 15 is 0 Å². The summed E-state index contributed by atoms with van der Waals surface area (Å²) >= 11 is 0. The number of amides is 1. The van der Waals surface area contributed by atoms with E-state index in [-0.39, 0.29) is 17.9 Å². The van der Waals surface area contributed by atoms with E-state index in [2.05, 4.69) is 19.9 Å². The maximum atomic E-state index is 12.0. The predicted octanol–water partition coefficient (Wildman–Crippen LogP) is -0.682. The van der Waals surface area contributed by atoms with Crippen molar-refractivity contribution in [3.05, 3.63) is 0 Å². The van der Waals surface area contributed by atoms with Crippen LogP contribution in [0.15, 0.2) is 0 Å². The van der Waals surface area contributed by atoms with Gasteiger partial charge in [0.1, 0.15) is 0 Å². The molecule has 0 aromatic heterocycles. The van der Waals surface area contributed by atoms with Crippen LogP contribution in [0.5, 0.6) is 0 Å². The van der Waals surface area contributed by atoms with Crippen molar-refractivity contribution in [1.29, 1.82) is 0 Å². The summed E-state index contributed by atoms with van der Waals surface area (Å²) in [6.45, 7) is 7.11. The Kier molecular flexibility index (Phi) is 8.26. The van der Waals surface area contributed by atoms with Gasteiger partial charge in [0.15, 0.2) is 0 Å². The smallest absolute Gasteiger partial charge is 0.306 e. The van der Waals surface area contributed by atoms with Crippen molar-refractivity contribution in [2.24, 2.45) is 0 Å². The second kappa shape index (κ2) is 9.70. The van der Waals surface area contributed by atoms with E-state index in [0.717, 1.165) is 32.7 Å². The fraction of sp³-hybridized carbons (Fsp3) is 0.857. The van der Waals surface area contributed by atoms with E-state index in [1.165, 1.54) is 7.11 Å². The molecule has 7 heteroatoms. The monoisotopic (exact) mass is 301 g/mol. The van der Waals surface area contributed by atoms with Gasteiger partial charge in [-0.25, -0.2) is 0 Å². The molecule has 1 fully saturated rings. The molecule has 1 N–H and O–H groups in total. The van der Waals surface area contributed by atoms with Gasteiger partial charge in [-0.1, -0.05) is 0 Å². The summed E-state index contributed by atoms with van der Waals surface area (Å²) in [6, 6.07) is -0.135. The second-order valence-electron chi connectivity index (χ2n) is 5.16. The van der Waals surface area contributed by atoms with Gasteiger partial charge in [-0.2, -0.15) is 0 Å². The molecule has 7 nitrogen and oxygen atoms in total. The number of hydrogen-bond acceptors (Lipinski definition) is 6. The van der Waals surface area contributed by atoms with Crippen molar-refractivity contribution in [2.45, 2.75) is 19.4 Å². The number of rotatable bonds is 8.